The molecule has 6 heteroatoms. The van der Waals surface area contributed by atoms with Gasteiger partial charge in [-0.25, -0.2) is 0 Å². The number of carboxylic acids is 1. The molecule has 1 saturated heterocycles. The molecule has 68 valence electrons. The number of aliphatic carboxylic acids is 1. The molecule has 0 aromatic carbocycles. The Kier molecular flexibility index (Phi) is 6.90. The third kappa shape index (κ3) is 3.76. The number of nitrogens with one attached hydrogen (secondary N) is 1. The molecule has 0 amide bonds. The zero-order chi connectivity index (χ0) is 6.85. The van der Waals surface area contributed by atoms with Crippen molar-refractivity contribution >= 4 is 30.8 Å². The Labute approximate surface area is 77.3 Å². The summed E-state index contributed by atoms with van der Waals surface area (Å²) in [5, 5.41) is 11.2. The summed E-state index contributed by atoms with van der Waals surface area (Å²) in [6.45, 7) is 0.622. The van der Waals surface area contributed by atoms with E-state index >= 15 is 0 Å². The van der Waals surface area contributed by atoms with Gasteiger partial charge >= 0.3 is 5.97 Å². The molecular weight excluding hydrogens is 191 g/mol. The molecule has 0 aromatic rings. The Balaban J connectivity index is 0. The maximum atomic E-state index is 10.2. The summed E-state index contributed by atoms with van der Waals surface area (Å²) in [4.78, 5) is 10.2. The van der Waals surface area contributed by atoms with E-state index in [0.29, 0.717) is 13.0 Å². The largest absolute Gasteiger partial charge is 0.480 e. The number of nitrogens with two attached hydrogens (primary N) is 1. The third-order valence-corrected chi connectivity index (χ3v) is 1.46. The first-order chi connectivity index (χ1) is 4.20. The second kappa shape index (κ2) is 5.60. The Morgan fingerprint density at radius 3 is 2.27 bits per heavy atom. The number of carboxylic acid groups (broad SMARTS) is 1. The van der Waals surface area contributed by atoms with Crippen LogP contribution in [0.1, 0.15) is 6.42 Å². The summed E-state index contributed by atoms with van der Waals surface area (Å²) < 4.78 is 0. The van der Waals surface area contributed by atoms with Gasteiger partial charge in [0.25, 0.3) is 0 Å². The van der Waals surface area contributed by atoms with Gasteiger partial charge in [0.2, 0.25) is 0 Å². The molecule has 1 fully saturated rings. The Morgan fingerprint density at radius 1 is 1.55 bits per heavy atom. The van der Waals surface area contributed by atoms with E-state index in [4.69, 9.17) is 10.8 Å². The predicted molar refractivity (Wildman–Crippen MR) is 46.5 cm³/mol. The fourth-order valence-corrected chi connectivity index (χ4v) is 0.951. The van der Waals surface area contributed by atoms with Crippen molar-refractivity contribution in [3.63, 3.8) is 0 Å². The molecule has 1 rings (SSSR count). The zero-order valence-electron chi connectivity index (χ0n) is 5.82. The standard InChI is InChI=1S/C5H10N2O2.2ClH/c6-3-1-4(5(8)9)7-2-3;;/h3-4,7H,1-2,6H2,(H,8,9);2*1H/t3-,4-;;/m0../s1. The van der Waals surface area contributed by atoms with Crippen LogP contribution in [0.15, 0.2) is 0 Å². The normalized spacial score (nSPS) is 28.5. The molecule has 0 aromatic heterocycles. The summed E-state index contributed by atoms with van der Waals surface area (Å²) in [5.41, 5.74) is 5.44. The summed E-state index contributed by atoms with van der Waals surface area (Å²) in [6, 6.07) is -0.397. The molecule has 0 spiro atoms. The zero-order valence-corrected chi connectivity index (χ0v) is 7.45. The van der Waals surface area contributed by atoms with Gasteiger partial charge in [-0.3, -0.25) is 4.79 Å². The van der Waals surface area contributed by atoms with Gasteiger partial charge in [-0.2, -0.15) is 0 Å². The molecular formula is C5H12Cl2N2O2. The van der Waals surface area contributed by atoms with Crippen molar-refractivity contribution < 1.29 is 9.90 Å². The van der Waals surface area contributed by atoms with Crippen LogP contribution in [0.3, 0.4) is 0 Å². The van der Waals surface area contributed by atoms with E-state index in [1.54, 1.807) is 0 Å². The minimum Gasteiger partial charge on any atom is -0.480 e. The number of hydrogen-bond donors (Lipinski definition) is 3. The highest BCUT2D eigenvalue weighted by Crippen LogP contribution is 2.03. The second-order valence-corrected chi connectivity index (χ2v) is 2.29. The van der Waals surface area contributed by atoms with E-state index in [1.165, 1.54) is 0 Å². The molecule has 1 heterocycles. The van der Waals surface area contributed by atoms with E-state index in [0.717, 1.165) is 0 Å². The SMILES string of the molecule is Cl.Cl.N[C@@H]1CN[C@H](C(=O)O)C1. The van der Waals surface area contributed by atoms with Crippen LogP contribution in [-0.2, 0) is 4.79 Å². The number of carbonyl (C=O) groups is 1. The van der Waals surface area contributed by atoms with Gasteiger partial charge in [-0.15, -0.1) is 24.8 Å². The van der Waals surface area contributed by atoms with Gasteiger partial charge in [-0.05, 0) is 6.42 Å². The van der Waals surface area contributed by atoms with Crippen LogP contribution in [0.2, 0.25) is 0 Å². The van der Waals surface area contributed by atoms with E-state index in [-0.39, 0.29) is 30.9 Å². The van der Waals surface area contributed by atoms with Crippen LogP contribution >= 0.6 is 24.8 Å². The molecule has 11 heavy (non-hydrogen) atoms. The van der Waals surface area contributed by atoms with Crippen molar-refractivity contribution in [3.05, 3.63) is 0 Å². The Morgan fingerprint density at radius 2 is 2.09 bits per heavy atom. The van der Waals surface area contributed by atoms with Crippen LogP contribution in [0.4, 0.5) is 0 Å². The van der Waals surface area contributed by atoms with Gasteiger partial charge in [0, 0.05) is 12.6 Å². The molecule has 0 radical (unpaired) electrons. The summed E-state index contributed by atoms with van der Waals surface area (Å²) >= 11 is 0. The lowest BCUT2D eigenvalue weighted by molar-refractivity contribution is -0.139. The lowest BCUT2D eigenvalue weighted by atomic mass is 10.2. The van der Waals surface area contributed by atoms with Crippen LogP contribution in [0.5, 0.6) is 0 Å². The molecule has 0 saturated carbocycles. The van der Waals surface area contributed by atoms with Crippen LogP contribution < -0.4 is 11.1 Å². The molecule has 2 atom stereocenters. The fraction of sp³-hybridized carbons (Fsp3) is 0.800. The van der Waals surface area contributed by atoms with Gasteiger partial charge in [0.05, 0.1) is 0 Å². The van der Waals surface area contributed by atoms with Crippen LogP contribution in [0.25, 0.3) is 0 Å². The smallest absolute Gasteiger partial charge is 0.320 e. The van der Waals surface area contributed by atoms with Crippen LogP contribution in [-0.4, -0.2) is 29.7 Å². The third-order valence-electron chi connectivity index (χ3n) is 1.46. The Hall–Kier alpha value is -0.0300. The van der Waals surface area contributed by atoms with Gasteiger partial charge < -0.3 is 16.2 Å². The first kappa shape index (κ1) is 13.6. The van der Waals surface area contributed by atoms with E-state index in [1.807, 2.05) is 0 Å². The summed E-state index contributed by atoms with van der Waals surface area (Å²) in [7, 11) is 0. The lowest BCUT2D eigenvalue weighted by Crippen LogP contribution is -2.30. The lowest BCUT2D eigenvalue weighted by Gasteiger charge is -2.00. The molecule has 0 bridgehead atoms. The monoisotopic (exact) mass is 202 g/mol. The number of hydrogen-bond acceptors (Lipinski definition) is 3. The van der Waals surface area contributed by atoms with Gasteiger partial charge in [0.15, 0.2) is 0 Å². The highest BCUT2D eigenvalue weighted by Gasteiger charge is 2.26. The summed E-state index contributed by atoms with van der Waals surface area (Å²) in [6.07, 6.45) is 0.551. The maximum absolute atomic E-state index is 10.2. The molecule has 1 aliphatic heterocycles. The molecule has 0 unspecified atom stereocenters. The minimum absolute atomic E-state index is 0. The average molecular weight is 203 g/mol. The van der Waals surface area contributed by atoms with Gasteiger partial charge in [0.1, 0.15) is 6.04 Å². The minimum atomic E-state index is -0.803. The van der Waals surface area contributed by atoms with E-state index < -0.39 is 12.0 Å². The quantitative estimate of drug-likeness (QED) is 0.542. The maximum Gasteiger partial charge on any atom is 0.320 e. The molecule has 4 N–H and O–H groups in total. The van der Waals surface area contributed by atoms with Crippen molar-refractivity contribution in [1.29, 1.82) is 0 Å². The first-order valence-electron chi connectivity index (χ1n) is 2.92. The van der Waals surface area contributed by atoms with E-state index in [9.17, 15) is 4.79 Å². The van der Waals surface area contributed by atoms with Crippen molar-refractivity contribution in [2.45, 2.75) is 18.5 Å². The van der Waals surface area contributed by atoms with Crippen molar-refractivity contribution in [2.75, 3.05) is 6.54 Å². The van der Waals surface area contributed by atoms with Crippen LogP contribution in [0, 0.1) is 0 Å². The molecule has 0 aliphatic carbocycles. The second-order valence-electron chi connectivity index (χ2n) is 2.29. The van der Waals surface area contributed by atoms with Crippen molar-refractivity contribution in [2.24, 2.45) is 5.73 Å². The van der Waals surface area contributed by atoms with E-state index in [2.05, 4.69) is 5.32 Å². The summed E-state index contributed by atoms with van der Waals surface area (Å²) in [5.74, 6) is -0.803. The fourth-order valence-electron chi connectivity index (χ4n) is 0.951. The predicted octanol–water partition coefficient (Wildman–Crippen LogP) is -0.396. The first-order valence-corrected chi connectivity index (χ1v) is 2.92. The number of rotatable bonds is 1. The topological polar surface area (TPSA) is 75.3 Å². The van der Waals surface area contributed by atoms with Gasteiger partial charge in [-0.1, -0.05) is 0 Å². The molecule has 4 nitrogen and oxygen atoms in total. The van der Waals surface area contributed by atoms with Crippen molar-refractivity contribution in [1.82, 2.24) is 5.32 Å². The Bertz CT molecular complexity index is 134. The average Bonchev–Trinajstić information content (AvgIpc) is 2.14. The number of halogens is 2. The highest BCUT2D eigenvalue weighted by atomic mass is 35.5. The highest BCUT2D eigenvalue weighted by molar-refractivity contribution is 5.85. The van der Waals surface area contributed by atoms with Crippen molar-refractivity contribution in [3.8, 4) is 0 Å². The molecule has 1 aliphatic rings.